The van der Waals surface area contributed by atoms with Crippen molar-refractivity contribution in [2.75, 3.05) is 13.7 Å². The molecule has 0 aromatic heterocycles. The molecule has 0 aliphatic carbocycles. The van der Waals surface area contributed by atoms with Gasteiger partial charge in [0, 0.05) is 12.6 Å². The largest absolute Gasteiger partial charge is 0.466 e. The standard InChI is InChI=1S/C20H23NO2/c1-23-20(22)14-13-18-9-11-19(12-10-18)16-21-15-5-8-17-6-3-2-4-7-17/h2-4,6-7,9-14,21H,5,8,15-16H2,1H3. The third-order valence-corrected chi connectivity index (χ3v) is 3.58. The number of aryl methyl sites for hydroxylation is 1. The highest BCUT2D eigenvalue weighted by molar-refractivity contribution is 5.86. The van der Waals surface area contributed by atoms with E-state index in [4.69, 9.17) is 0 Å². The van der Waals surface area contributed by atoms with Crippen LogP contribution in [0.3, 0.4) is 0 Å². The van der Waals surface area contributed by atoms with Crippen LogP contribution >= 0.6 is 0 Å². The summed E-state index contributed by atoms with van der Waals surface area (Å²) in [6.45, 7) is 1.86. The zero-order valence-electron chi connectivity index (χ0n) is 13.5. The lowest BCUT2D eigenvalue weighted by Gasteiger charge is -2.06. The number of nitrogens with one attached hydrogen (secondary N) is 1. The van der Waals surface area contributed by atoms with Crippen molar-refractivity contribution in [3.8, 4) is 0 Å². The second-order valence-electron chi connectivity index (χ2n) is 5.36. The van der Waals surface area contributed by atoms with Gasteiger partial charge in [0.2, 0.25) is 0 Å². The molecule has 0 spiro atoms. The molecule has 23 heavy (non-hydrogen) atoms. The van der Waals surface area contributed by atoms with Crippen LogP contribution in [0.5, 0.6) is 0 Å². The van der Waals surface area contributed by atoms with E-state index < -0.39 is 0 Å². The van der Waals surface area contributed by atoms with Gasteiger partial charge in [0.05, 0.1) is 7.11 Å². The minimum atomic E-state index is -0.339. The van der Waals surface area contributed by atoms with E-state index in [2.05, 4.69) is 46.5 Å². The van der Waals surface area contributed by atoms with Gasteiger partial charge in [0.15, 0.2) is 0 Å². The Balaban J connectivity index is 1.68. The van der Waals surface area contributed by atoms with Crippen LogP contribution < -0.4 is 5.32 Å². The lowest BCUT2D eigenvalue weighted by atomic mass is 10.1. The van der Waals surface area contributed by atoms with Crippen LogP contribution in [-0.4, -0.2) is 19.6 Å². The van der Waals surface area contributed by atoms with E-state index in [-0.39, 0.29) is 5.97 Å². The van der Waals surface area contributed by atoms with E-state index >= 15 is 0 Å². The van der Waals surface area contributed by atoms with E-state index in [1.54, 1.807) is 6.08 Å². The predicted octanol–water partition coefficient (Wildman–Crippen LogP) is 3.60. The number of carbonyl (C=O) groups excluding carboxylic acids is 1. The third-order valence-electron chi connectivity index (χ3n) is 3.58. The van der Waals surface area contributed by atoms with Gasteiger partial charge in [-0.15, -0.1) is 0 Å². The van der Waals surface area contributed by atoms with Crippen molar-refractivity contribution in [1.29, 1.82) is 0 Å². The van der Waals surface area contributed by atoms with Crippen LogP contribution in [0.2, 0.25) is 0 Å². The minimum Gasteiger partial charge on any atom is -0.466 e. The Bertz CT molecular complexity index is 618. The quantitative estimate of drug-likeness (QED) is 0.460. The van der Waals surface area contributed by atoms with E-state index in [0.717, 1.165) is 31.5 Å². The molecule has 2 aromatic rings. The first-order chi connectivity index (χ1) is 11.3. The molecule has 120 valence electrons. The highest BCUT2D eigenvalue weighted by Gasteiger charge is 1.96. The van der Waals surface area contributed by atoms with Gasteiger partial charge in [0.25, 0.3) is 0 Å². The van der Waals surface area contributed by atoms with Crippen molar-refractivity contribution >= 4 is 12.0 Å². The number of carbonyl (C=O) groups is 1. The van der Waals surface area contributed by atoms with Crippen molar-refractivity contribution in [2.24, 2.45) is 0 Å². The number of rotatable bonds is 8. The smallest absolute Gasteiger partial charge is 0.330 e. The predicted molar refractivity (Wildman–Crippen MR) is 94.0 cm³/mol. The summed E-state index contributed by atoms with van der Waals surface area (Å²) >= 11 is 0. The van der Waals surface area contributed by atoms with Gasteiger partial charge >= 0.3 is 5.97 Å². The Labute approximate surface area is 138 Å². The van der Waals surface area contributed by atoms with Gasteiger partial charge < -0.3 is 10.1 Å². The zero-order chi connectivity index (χ0) is 16.3. The molecule has 0 aliphatic heterocycles. The number of benzene rings is 2. The topological polar surface area (TPSA) is 38.3 Å². The number of ether oxygens (including phenoxy) is 1. The van der Waals surface area contributed by atoms with Gasteiger partial charge in [-0.05, 0) is 42.2 Å². The summed E-state index contributed by atoms with van der Waals surface area (Å²) in [7, 11) is 1.37. The molecule has 0 heterocycles. The minimum absolute atomic E-state index is 0.339. The molecule has 0 amide bonds. The first kappa shape index (κ1) is 17.0. The van der Waals surface area contributed by atoms with Gasteiger partial charge in [0.1, 0.15) is 0 Å². The molecule has 0 saturated heterocycles. The number of hydrogen-bond donors (Lipinski definition) is 1. The van der Waals surface area contributed by atoms with Crippen LogP contribution in [0.4, 0.5) is 0 Å². The maximum absolute atomic E-state index is 11.0. The maximum Gasteiger partial charge on any atom is 0.330 e. The van der Waals surface area contributed by atoms with Crippen LogP contribution in [0.25, 0.3) is 6.08 Å². The SMILES string of the molecule is COC(=O)C=Cc1ccc(CNCCCc2ccccc2)cc1. The third kappa shape index (κ3) is 6.49. The average molecular weight is 309 g/mol. The number of esters is 1. The maximum atomic E-state index is 11.0. The highest BCUT2D eigenvalue weighted by atomic mass is 16.5. The molecule has 0 fully saturated rings. The molecule has 0 atom stereocenters. The average Bonchev–Trinajstić information content (AvgIpc) is 2.61. The normalized spacial score (nSPS) is 10.8. The molecule has 2 rings (SSSR count). The van der Waals surface area contributed by atoms with Crippen LogP contribution in [0, 0.1) is 0 Å². The molecule has 2 aromatic carbocycles. The summed E-state index contributed by atoms with van der Waals surface area (Å²) in [4.78, 5) is 11.0. The molecule has 0 radical (unpaired) electrons. The van der Waals surface area contributed by atoms with Crippen LogP contribution in [0.1, 0.15) is 23.1 Å². The molecular formula is C20H23NO2. The van der Waals surface area contributed by atoms with Crippen molar-refractivity contribution in [1.82, 2.24) is 5.32 Å². The number of hydrogen-bond acceptors (Lipinski definition) is 3. The van der Waals surface area contributed by atoms with E-state index in [0.29, 0.717) is 0 Å². The van der Waals surface area contributed by atoms with Crippen LogP contribution in [0.15, 0.2) is 60.7 Å². The van der Waals surface area contributed by atoms with Crippen molar-refractivity contribution in [3.63, 3.8) is 0 Å². The first-order valence-corrected chi connectivity index (χ1v) is 7.87. The highest BCUT2D eigenvalue weighted by Crippen LogP contribution is 2.07. The van der Waals surface area contributed by atoms with Crippen LogP contribution in [-0.2, 0) is 22.5 Å². The monoisotopic (exact) mass is 309 g/mol. The van der Waals surface area contributed by atoms with E-state index in [9.17, 15) is 4.79 Å². The van der Waals surface area contributed by atoms with Crippen molar-refractivity contribution in [2.45, 2.75) is 19.4 Å². The Morgan fingerprint density at radius 3 is 2.48 bits per heavy atom. The summed E-state index contributed by atoms with van der Waals surface area (Å²) in [5.41, 5.74) is 3.61. The number of methoxy groups -OCH3 is 1. The Morgan fingerprint density at radius 1 is 1.04 bits per heavy atom. The molecule has 0 saturated carbocycles. The second kappa shape index (κ2) is 9.59. The van der Waals surface area contributed by atoms with Gasteiger partial charge in [-0.2, -0.15) is 0 Å². The fraction of sp³-hybridized carbons (Fsp3) is 0.250. The van der Waals surface area contributed by atoms with E-state index in [1.807, 2.05) is 18.2 Å². The summed E-state index contributed by atoms with van der Waals surface area (Å²) in [6.07, 6.45) is 5.41. The molecule has 1 N–H and O–H groups in total. The zero-order valence-corrected chi connectivity index (χ0v) is 13.5. The van der Waals surface area contributed by atoms with Crippen molar-refractivity contribution in [3.05, 3.63) is 77.4 Å². The molecule has 3 heteroatoms. The van der Waals surface area contributed by atoms with Gasteiger partial charge in [-0.1, -0.05) is 54.6 Å². The first-order valence-electron chi connectivity index (χ1n) is 7.87. The molecule has 0 bridgehead atoms. The Kier molecular flexibility index (Phi) is 7.08. The summed E-state index contributed by atoms with van der Waals surface area (Å²) in [6, 6.07) is 18.7. The summed E-state index contributed by atoms with van der Waals surface area (Å²) < 4.78 is 4.57. The molecule has 0 aliphatic rings. The summed E-state index contributed by atoms with van der Waals surface area (Å²) in [5.74, 6) is -0.339. The fourth-order valence-corrected chi connectivity index (χ4v) is 2.27. The Hall–Kier alpha value is -2.39. The van der Waals surface area contributed by atoms with E-state index in [1.165, 1.54) is 24.3 Å². The summed E-state index contributed by atoms with van der Waals surface area (Å²) in [5, 5.41) is 3.46. The molecular weight excluding hydrogens is 286 g/mol. The Morgan fingerprint density at radius 2 is 1.78 bits per heavy atom. The second-order valence-corrected chi connectivity index (χ2v) is 5.36. The lowest BCUT2D eigenvalue weighted by Crippen LogP contribution is -2.15. The van der Waals surface area contributed by atoms with Crippen molar-refractivity contribution < 1.29 is 9.53 Å². The van der Waals surface area contributed by atoms with Gasteiger partial charge in [-0.3, -0.25) is 0 Å². The molecule has 3 nitrogen and oxygen atoms in total. The molecule has 0 unspecified atom stereocenters. The fourth-order valence-electron chi connectivity index (χ4n) is 2.27. The van der Waals surface area contributed by atoms with Gasteiger partial charge in [-0.25, -0.2) is 4.79 Å². The lowest BCUT2D eigenvalue weighted by molar-refractivity contribution is -0.134.